The molecular formula is C16H18ClN5O11S2. The number of carbonyl (C=O) groups excluding carboxylic acids is 5. The molecule has 2 rings (SSSR count). The second-order valence-corrected chi connectivity index (χ2v) is 8.68. The van der Waals surface area contributed by atoms with Gasteiger partial charge in [-0.15, -0.1) is 22.9 Å². The minimum atomic E-state index is -5.22. The highest BCUT2D eigenvalue weighted by atomic mass is 35.5. The molecule has 2 heterocycles. The molecule has 2 atom stereocenters. The lowest BCUT2D eigenvalue weighted by molar-refractivity contribution is -0.169. The van der Waals surface area contributed by atoms with Crippen molar-refractivity contribution < 1.29 is 51.3 Å². The number of aromatic nitrogens is 1. The van der Waals surface area contributed by atoms with Crippen LogP contribution in [0.4, 0.5) is 5.13 Å². The Morgan fingerprint density at radius 1 is 1.31 bits per heavy atom. The number of carbonyl (C=O) groups is 5. The average molecular weight is 556 g/mol. The predicted molar refractivity (Wildman–Crippen MR) is 117 cm³/mol. The molecule has 0 saturated carbocycles. The van der Waals surface area contributed by atoms with Crippen LogP contribution in [0.1, 0.15) is 12.6 Å². The van der Waals surface area contributed by atoms with Gasteiger partial charge in [-0.1, -0.05) is 5.16 Å². The molecule has 16 nitrogen and oxygen atoms in total. The van der Waals surface area contributed by atoms with E-state index in [1.54, 1.807) is 0 Å². The molecule has 0 aromatic carbocycles. The summed E-state index contributed by atoms with van der Waals surface area (Å²) >= 11 is 6.30. The minimum absolute atomic E-state index is 0.0242. The number of hydrogen-bond acceptors (Lipinski definition) is 13. The average Bonchev–Trinajstić information content (AvgIpc) is 3.24. The van der Waals surface area contributed by atoms with Crippen LogP contribution in [0.15, 0.2) is 10.5 Å². The van der Waals surface area contributed by atoms with Gasteiger partial charge in [0, 0.05) is 5.38 Å². The second kappa shape index (κ2) is 11.9. The molecular weight excluding hydrogens is 538 g/mol. The van der Waals surface area contributed by atoms with Crippen LogP contribution < -0.4 is 10.6 Å². The molecule has 2 unspecified atom stereocenters. The monoisotopic (exact) mass is 555 g/mol. The maximum atomic E-state index is 12.8. The fourth-order valence-electron chi connectivity index (χ4n) is 2.61. The van der Waals surface area contributed by atoms with Crippen LogP contribution in [0.5, 0.6) is 0 Å². The van der Waals surface area contributed by atoms with Crippen molar-refractivity contribution in [2.45, 2.75) is 19.0 Å². The zero-order valence-electron chi connectivity index (χ0n) is 17.9. The van der Waals surface area contributed by atoms with E-state index >= 15 is 0 Å². The predicted octanol–water partition coefficient (Wildman–Crippen LogP) is -1.72. The molecule has 1 aliphatic rings. The molecule has 3 N–H and O–H groups in total. The molecule has 1 aromatic heterocycles. The molecule has 19 heteroatoms. The maximum Gasteiger partial charge on any atom is 0.363 e. The zero-order valence-corrected chi connectivity index (χ0v) is 20.3. The number of rotatable bonds is 11. The number of nitrogens with one attached hydrogen (secondary N) is 2. The Labute approximate surface area is 206 Å². The van der Waals surface area contributed by atoms with E-state index < -0.39 is 64.4 Å². The SMILES string of the molecule is CCOC(=O)COC(=O)C1C(NC(=O)/C(=N\OC)c2csc(NC(=O)CCl)n2)C(=O)N1S(=O)(=O)O. The Balaban J connectivity index is 2.23. The van der Waals surface area contributed by atoms with E-state index in [1.165, 1.54) is 12.3 Å². The van der Waals surface area contributed by atoms with Gasteiger partial charge in [-0.05, 0) is 6.92 Å². The van der Waals surface area contributed by atoms with Crippen LogP contribution in [-0.2, 0) is 48.6 Å². The highest BCUT2D eigenvalue weighted by Gasteiger charge is 2.59. The lowest BCUT2D eigenvalue weighted by Gasteiger charge is -2.42. The lowest BCUT2D eigenvalue weighted by Crippen LogP contribution is -2.75. The summed E-state index contributed by atoms with van der Waals surface area (Å²) in [5.41, 5.74) is -0.620. The third-order valence-electron chi connectivity index (χ3n) is 3.98. The molecule has 1 saturated heterocycles. The molecule has 0 radical (unpaired) electrons. The van der Waals surface area contributed by atoms with Gasteiger partial charge in [0.2, 0.25) is 5.91 Å². The normalized spacial score (nSPS) is 17.8. The summed E-state index contributed by atoms with van der Waals surface area (Å²) in [6.45, 7) is 0.555. The molecule has 0 bridgehead atoms. The molecule has 3 amide bonds. The molecule has 0 aliphatic carbocycles. The van der Waals surface area contributed by atoms with E-state index in [2.05, 4.69) is 35.1 Å². The van der Waals surface area contributed by atoms with Crippen LogP contribution in [0.25, 0.3) is 0 Å². The van der Waals surface area contributed by atoms with Gasteiger partial charge in [-0.25, -0.2) is 14.6 Å². The number of esters is 2. The fraction of sp³-hybridized carbons (Fsp3) is 0.438. The van der Waals surface area contributed by atoms with Crippen molar-refractivity contribution in [1.82, 2.24) is 14.6 Å². The van der Waals surface area contributed by atoms with Crippen molar-refractivity contribution in [2.75, 3.05) is 31.5 Å². The largest absolute Gasteiger partial charge is 0.463 e. The van der Waals surface area contributed by atoms with Crippen molar-refractivity contribution >= 4 is 73.7 Å². The third kappa shape index (κ3) is 6.84. The Bertz CT molecular complexity index is 1150. The van der Waals surface area contributed by atoms with E-state index in [4.69, 9.17) is 11.6 Å². The quantitative estimate of drug-likeness (QED) is 0.0692. The van der Waals surface area contributed by atoms with Crippen molar-refractivity contribution in [2.24, 2.45) is 5.16 Å². The number of β-lactam (4-membered cyclic amide) rings is 1. The number of nitrogens with zero attached hydrogens (tertiary/aromatic N) is 3. The first-order chi connectivity index (χ1) is 16.4. The molecule has 1 aliphatic heterocycles. The number of halogens is 1. The topological polar surface area (TPSA) is 220 Å². The molecule has 35 heavy (non-hydrogen) atoms. The molecule has 192 valence electrons. The summed E-state index contributed by atoms with van der Waals surface area (Å²) in [6, 6.07) is -3.86. The highest BCUT2D eigenvalue weighted by Crippen LogP contribution is 2.25. The summed E-state index contributed by atoms with van der Waals surface area (Å²) in [5.74, 6) is -5.81. The molecule has 1 fully saturated rings. The number of amides is 3. The fourth-order valence-corrected chi connectivity index (χ4v) is 4.22. The highest BCUT2D eigenvalue weighted by molar-refractivity contribution is 7.84. The van der Waals surface area contributed by atoms with Gasteiger partial charge in [-0.3, -0.25) is 18.9 Å². The van der Waals surface area contributed by atoms with Crippen LogP contribution in [0.2, 0.25) is 0 Å². The summed E-state index contributed by atoms with van der Waals surface area (Å²) in [4.78, 5) is 68.8. The minimum Gasteiger partial charge on any atom is -0.463 e. The van der Waals surface area contributed by atoms with Gasteiger partial charge in [0.25, 0.3) is 11.8 Å². The summed E-state index contributed by atoms with van der Waals surface area (Å²) in [6.07, 6.45) is 0. The van der Waals surface area contributed by atoms with Crippen LogP contribution in [0, 0.1) is 0 Å². The van der Waals surface area contributed by atoms with Gasteiger partial charge < -0.3 is 24.9 Å². The number of oxime groups is 1. The van der Waals surface area contributed by atoms with Crippen molar-refractivity contribution in [3.8, 4) is 0 Å². The number of anilines is 1. The van der Waals surface area contributed by atoms with Gasteiger partial charge in [-0.2, -0.15) is 12.7 Å². The van der Waals surface area contributed by atoms with E-state index in [0.29, 0.717) is 0 Å². The Hall–Kier alpha value is -3.35. The number of ether oxygens (including phenoxy) is 2. The summed E-state index contributed by atoms with van der Waals surface area (Å²) in [7, 11) is -4.12. The van der Waals surface area contributed by atoms with Crippen molar-refractivity contribution in [1.29, 1.82) is 0 Å². The van der Waals surface area contributed by atoms with Crippen LogP contribution in [-0.4, -0.2) is 95.9 Å². The number of hydrogen-bond donors (Lipinski definition) is 3. The Morgan fingerprint density at radius 2 is 2.00 bits per heavy atom. The summed E-state index contributed by atoms with van der Waals surface area (Å²) < 4.78 is 41.3. The Kier molecular flexibility index (Phi) is 9.46. The first kappa shape index (κ1) is 27.9. The van der Waals surface area contributed by atoms with Crippen molar-refractivity contribution in [3.05, 3.63) is 11.1 Å². The van der Waals surface area contributed by atoms with Gasteiger partial charge in [0.1, 0.15) is 24.7 Å². The second-order valence-electron chi connectivity index (χ2n) is 6.26. The van der Waals surface area contributed by atoms with E-state index in [1.807, 2.05) is 0 Å². The zero-order chi connectivity index (χ0) is 26.3. The van der Waals surface area contributed by atoms with Crippen molar-refractivity contribution in [3.63, 3.8) is 0 Å². The third-order valence-corrected chi connectivity index (χ3v) is 5.88. The van der Waals surface area contributed by atoms with E-state index in [0.717, 1.165) is 18.4 Å². The first-order valence-corrected chi connectivity index (χ1v) is 12.1. The van der Waals surface area contributed by atoms with E-state index in [-0.39, 0.29) is 27.6 Å². The smallest absolute Gasteiger partial charge is 0.363 e. The molecule has 1 aromatic rings. The van der Waals surface area contributed by atoms with Gasteiger partial charge in [0.15, 0.2) is 23.5 Å². The van der Waals surface area contributed by atoms with Crippen LogP contribution >= 0.6 is 22.9 Å². The number of thiazole rings is 1. The maximum absolute atomic E-state index is 12.8. The number of alkyl halides is 1. The Morgan fingerprint density at radius 3 is 2.57 bits per heavy atom. The van der Waals surface area contributed by atoms with Gasteiger partial charge >= 0.3 is 22.2 Å². The van der Waals surface area contributed by atoms with Crippen LogP contribution in [0.3, 0.4) is 0 Å². The van der Waals surface area contributed by atoms with Gasteiger partial charge in [0.05, 0.1) is 6.61 Å². The standard InChI is InChI=1S/C16H18ClN5O11S2/c1-3-32-9(24)5-33-15(27)12-11(14(26)22(12)35(28,29)30)20-13(25)10(21-31-2)7-6-34-16(18-7)19-8(23)4-17/h6,11-12H,3-5H2,1-2H3,(H,20,25)(H,18,19,23)(H,28,29,30)/b21-10-. The first-order valence-electron chi connectivity index (χ1n) is 9.31. The lowest BCUT2D eigenvalue weighted by atomic mass is 9.98. The summed E-state index contributed by atoms with van der Waals surface area (Å²) in [5, 5.41) is 9.29. The molecule has 0 spiro atoms. The van der Waals surface area contributed by atoms with E-state index in [9.17, 15) is 36.9 Å².